The van der Waals surface area contributed by atoms with E-state index in [1.807, 2.05) is 31.0 Å². The number of aromatic nitrogens is 1. The fourth-order valence-electron chi connectivity index (χ4n) is 3.20. The molecule has 0 aromatic carbocycles. The maximum atomic E-state index is 12.2. The predicted octanol–water partition coefficient (Wildman–Crippen LogP) is 2.70. The Balaban J connectivity index is 1.80. The number of rotatable bonds is 7. The Bertz CT molecular complexity index is 555. The van der Waals surface area contributed by atoms with Gasteiger partial charge in [0.2, 0.25) is 0 Å². The molecular formula is C19H30N4O. The van der Waals surface area contributed by atoms with Gasteiger partial charge in [0.15, 0.2) is 0 Å². The normalized spacial score (nSPS) is 18.2. The van der Waals surface area contributed by atoms with Crippen LogP contribution in [0.3, 0.4) is 0 Å². The number of anilines is 1. The van der Waals surface area contributed by atoms with Gasteiger partial charge in [-0.05, 0) is 51.9 Å². The Kier molecular flexibility index (Phi) is 6.79. The lowest BCUT2D eigenvalue weighted by atomic mass is 10.0. The van der Waals surface area contributed by atoms with Crippen LogP contribution in [0.1, 0.15) is 43.0 Å². The summed E-state index contributed by atoms with van der Waals surface area (Å²) in [5, 5.41) is 3.01. The lowest BCUT2D eigenvalue weighted by molar-refractivity contribution is 0.0945. The summed E-state index contributed by atoms with van der Waals surface area (Å²) in [6.45, 7) is 8.53. The average molecular weight is 330 g/mol. The molecule has 0 unspecified atom stereocenters. The molecule has 0 saturated carbocycles. The number of hydrogen-bond acceptors (Lipinski definition) is 4. The zero-order valence-corrected chi connectivity index (χ0v) is 15.2. The van der Waals surface area contributed by atoms with Gasteiger partial charge in [0.05, 0.1) is 5.56 Å². The number of carbonyl (C=O) groups is 1. The standard InChI is InChI=1S/C19H30N4O/c1-15(2)14-23(4)18-9-8-16(13-21-18)19(24)20-11-10-17-7-5-6-12-22(17)3/h8-9,13,17H,1,5-7,10-12,14H2,2-4H3,(H,20,24)/t17-/m0/s1. The first-order valence-corrected chi connectivity index (χ1v) is 8.77. The van der Waals surface area contributed by atoms with Gasteiger partial charge in [-0.15, -0.1) is 0 Å². The zero-order chi connectivity index (χ0) is 17.5. The zero-order valence-electron chi connectivity index (χ0n) is 15.2. The molecule has 0 bridgehead atoms. The fraction of sp³-hybridized carbons (Fsp3) is 0.579. The molecule has 1 aromatic heterocycles. The second-order valence-electron chi connectivity index (χ2n) is 6.89. The molecule has 5 heteroatoms. The molecule has 24 heavy (non-hydrogen) atoms. The molecule has 1 fully saturated rings. The minimum Gasteiger partial charge on any atom is -0.356 e. The highest BCUT2D eigenvalue weighted by atomic mass is 16.1. The Hall–Kier alpha value is -1.88. The Morgan fingerprint density at radius 1 is 1.46 bits per heavy atom. The van der Waals surface area contributed by atoms with Crippen molar-refractivity contribution in [3.05, 3.63) is 36.0 Å². The second-order valence-corrected chi connectivity index (χ2v) is 6.89. The minimum atomic E-state index is -0.0462. The van der Waals surface area contributed by atoms with E-state index in [0.29, 0.717) is 18.2 Å². The van der Waals surface area contributed by atoms with Crippen LogP contribution in [0.25, 0.3) is 0 Å². The first-order valence-electron chi connectivity index (χ1n) is 8.77. The van der Waals surface area contributed by atoms with Crippen LogP contribution in [0.2, 0.25) is 0 Å². The van der Waals surface area contributed by atoms with E-state index in [9.17, 15) is 4.79 Å². The van der Waals surface area contributed by atoms with E-state index < -0.39 is 0 Å². The summed E-state index contributed by atoms with van der Waals surface area (Å²) in [5.41, 5.74) is 1.69. The molecule has 1 aromatic rings. The fourth-order valence-corrected chi connectivity index (χ4v) is 3.20. The monoisotopic (exact) mass is 330 g/mol. The summed E-state index contributed by atoms with van der Waals surface area (Å²) in [4.78, 5) is 21.0. The highest BCUT2D eigenvalue weighted by molar-refractivity contribution is 5.94. The van der Waals surface area contributed by atoms with Gasteiger partial charge in [0.1, 0.15) is 5.82 Å². The topological polar surface area (TPSA) is 48.5 Å². The third kappa shape index (κ3) is 5.34. The molecule has 0 radical (unpaired) electrons. The lowest BCUT2D eigenvalue weighted by Crippen LogP contribution is -2.39. The van der Waals surface area contributed by atoms with E-state index in [1.54, 1.807) is 6.20 Å². The van der Waals surface area contributed by atoms with E-state index in [4.69, 9.17) is 0 Å². The molecule has 0 aliphatic carbocycles. The predicted molar refractivity (Wildman–Crippen MR) is 99.5 cm³/mol. The van der Waals surface area contributed by atoms with Gasteiger partial charge in [0.25, 0.3) is 5.91 Å². The Morgan fingerprint density at radius 3 is 2.88 bits per heavy atom. The van der Waals surface area contributed by atoms with Gasteiger partial charge < -0.3 is 15.1 Å². The molecule has 0 spiro atoms. The van der Waals surface area contributed by atoms with Crippen LogP contribution in [0.15, 0.2) is 30.5 Å². The molecule has 1 saturated heterocycles. The number of likely N-dealkylation sites (N-methyl/N-ethyl adjacent to an activating group) is 1. The van der Waals surface area contributed by atoms with Gasteiger partial charge in [0, 0.05) is 32.4 Å². The average Bonchev–Trinajstić information content (AvgIpc) is 2.56. The highest BCUT2D eigenvalue weighted by Gasteiger charge is 2.18. The lowest BCUT2D eigenvalue weighted by Gasteiger charge is -2.32. The van der Waals surface area contributed by atoms with Crippen molar-refractivity contribution >= 4 is 11.7 Å². The first kappa shape index (κ1) is 18.5. The summed E-state index contributed by atoms with van der Waals surface area (Å²) < 4.78 is 0. The Labute approximate surface area is 145 Å². The van der Waals surface area contributed by atoms with Crippen molar-refractivity contribution in [2.24, 2.45) is 0 Å². The maximum Gasteiger partial charge on any atom is 0.252 e. The van der Waals surface area contributed by atoms with Gasteiger partial charge in [-0.2, -0.15) is 0 Å². The SMILES string of the molecule is C=C(C)CN(C)c1ccc(C(=O)NCC[C@@H]2CCCCN2C)cn1. The van der Waals surface area contributed by atoms with E-state index in [0.717, 1.165) is 24.4 Å². The molecule has 132 valence electrons. The molecule has 2 rings (SSSR count). The number of piperidine rings is 1. The van der Waals surface area contributed by atoms with Crippen LogP contribution in [0, 0.1) is 0 Å². The highest BCUT2D eigenvalue weighted by Crippen LogP contribution is 2.17. The van der Waals surface area contributed by atoms with Crippen molar-refractivity contribution < 1.29 is 4.79 Å². The van der Waals surface area contributed by atoms with Crippen LogP contribution >= 0.6 is 0 Å². The maximum absolute atomic E-state index is 12.2. The van der Waals surface area contributed by atoms with E-state index in [1.165, 1.54) is 25.8 Å². The third-order valence-electron chi connectivity index (χ3n) is 4.59. The quantitative estimate of drug-likeness (QED) is 0.781. The van der Waals surface area contributed by atoms with E-state index >= 15 is 0 Å². The number of nitrogens with zero attached hydrogens (tertiary/aromatic N) is 3. The van der Waals surface area contributed by atoms with Crippen molar-refractivity contribution in [1.29, 1.82) is 0 Å². The molecular weight excluding hydrogens is 300 g/mol. The van der Waals surface area contributed by atoms with Crippen molar-refractivity contribution in [2.45, 2.75) is 38.6 Å². The van der Waals surface area contributed by atoms with Crippen LogP contribution in [-0.2, 0) is 0 Å². The number of carbonyl (C=O) groups excluding carboxylic acids is 1. The smallest absolute Gasteiger partial charge is 0.252 e. The second kappa shape index (κ2) is 8.83. The van der Waals surface area contributed by atoms with Gasteiger partial charge in [-0.25, -0.2) is 4.98 Å². The molecule has 1 N–H and O–H groups in total. The molecule has 1 atom stereocenters. The van der Waals surface area contributed by atoms with Gasteiger partial charge >= 0.3 is 0 Å². The van der Waals surface area contributed by atoms with Gasteiger partial charge in [-0.1, -0.05) is 18.6 Å². The number of likely N-dealkylation sites (tertiary alicyclic amines) is 1. The number of pyridine rings is 1. The molecule has 1 aliphatic rings. The summed E-state index contributed by atoms with van der Waals surface area (Å²) in [6, 6.07) is 4.31. The van der Waals surface area contributed by atoms with E-state index in [2.05, 4.69) is 28.8 Å². The summed E-state index contributed by atoms with van der Waals surface area (Å²) in [7, 11) is 4.15. The third-order valence-corrected chi connectivity index (χ3v) is 4.59. The molecule has 1 amide bonds. The largest absolute Gasteiger partial charge is 0.356 e. The van der Waals surface area contributed by atoms with Crippen molar-refractivity contribution in [3.63, 3.8) is 0 Å². The summed E-state index contributed by atoms with van der Waals surface area (Å²) in [5.74, 6) is 0.799. The molecule has 2 heterocycles. The van der Waals surface area contributed by atoms with E-state index in [-0.39, 0.29) is 5.91 Å². The van der Waals surface area contributed by atoms with Crippen LogP contribution in [-0.4, -0.2) is 55.6 Å². The van der Waals surface area contributed by atoms with Crippen LogP contribution in [0.5, 0.6) is 0 Å². The molecule has 1 aliphatic heterocycles. The van der Waals surface area contributed by atoms with Crippen molar-refractivity contribution in [2.75, 3.05) is 38.6 Å². The summed E-state index contributed by atoms with van der Waals surface area (Å²) in [6.07, 6.45) is 6.47. The number of nitrogens with one attached hydrogen (secondary N) is 1. The van der Waals surface area contributed by atoms with Crippen molar-refractivity contribution in [1.82, 2.24) is 15.2 Å². The van der Waals surface area contributed by atoms with Crippen LogP contribution in [0.4, 0.5) is 5.82 Å². The van der Waals surface area contributed by atoms with Gasteiger partial charge in [-0.3, -0.25) is 4.79 Å². The first-order chi connectivity index (χ1) is 11.5. The Morgan fingerprint density at radius 2 is 2.25 bits per heavy atom. The van der Waals surface area contributed by atoms with Crippen LogP contribution < -0.4 is 10.2 Å². The minimum absolute atomic E-state index is 0.0462. The molecule has 5 nitrogen and oxygen atoms in total. The number of amides is 1. The number of hydrogen-bond donors (Lipinski definition) is 1. The van der Waals surface area contributed by atoms with Crippen molar-refractivity contribution in [3.8, 4) is 0 Å². The summed E-state index contributed by atoms with van der Waals surface area (Å²) >= 11 is 0.